The summed E-state index contributed by atoms with van der Waals surface area (Å²) < 4.78 is 28.5. The first kappa shape index (κ1) is 16.1. The zero-order chi connectivity index (χ0) is 14.5. The zero-order valence-electron chi connectivity index (χ0n) is 12.0. The monoisotopic (exact) mass is 288 g/mol. The molecule has 0 radical (unpaired) electrons. The summed E-state index contributed by atoms with van der Waals surface area (Å²) in [5.41, 5.74) is 0. The van der Waals surface area contributed by atoms with Crippen molar-refractivity contribution in [3.05, 3.63) is 12.4 Å². The van der Waals surface area contributed by atoms with E-state index in [0.29, 0.717) is 6.54 Å². The van der Waals surface area contributed by atoms with Gasteiger partial charge in [-0.25, -0.2) is 13.1 Å². The Labute approximate surface area is 115 Å². The van der Waals surface area contributed by atoms with Gasteiger partial charge < -0.3 is 5.32 Å². The van der Waals surface area contributed by atoms with E-state index in [1.807, 2.05) is 27.7 Å². The van der Waals surface area contributed by atoms with Gasteiger partial charge >= 0.3 is 0 Å². The molecule has 1 heterocycles. The molecule has 6 nitrogen and oxygen atoms in total. The molecule has 1 aromatic rings. The molecule has 19 heavy (non-hydrogen) atoms. The van der Waals surface area contributed by atoms with Crippen LogP contribution < -0.4 is 10.0 Å². The van der Waals surface area contributed by atoms with E-state index in [-0.39, 0.29) is 16.9 Å². The first-order valence-corrected chi connectivity index (χ1v) is 8.10. The molecule has 7 heteroatoms. The second kappa shape index (κ2) is 7.02. The average molecular weight is 288 g/mol. The van der Waals surface area contributed by atoms with Crippen molar-refractivity contribution in [2.75, 3.05) is 13.1 Å². The Morgan fingerprint density at radius 2 is 2.05 bits per heavy atom. The van der Waals surface area contributed by atoms with E-state index in [1.54, 1.807) is 10.9 Å². The normalized spacial score (nSPS) is 13.9. The maximum absolute atomic E-state index is 12.1. The van der Waals surface area contributed by atoms with Gasteiger partial charge in [-0.2, -0.15) is 5.10 Å². The summed E-state index contributed by atoms with van der Waals surface area (Å²) in [5.74, 6) is 0.249. The lowest BCUT2D eigenvalue weighted by Gasteiger charge is -2.16. The van der Waals surface area contributed by atoms with Gasteiger partial charge in [0.05, 0.1) is 12.7 Å². The van der Waals surface area contributed by atoms with Crippen LogP contribution in [0.4, 0.5) is 0 Å². The number of nitrogens with zero attached hydrogens (tertiary/aromatic N) is 2. The number of sulfonamides is 1. The first-order chi connectivity index (χ1) is 8.86. The van der Waals surface area contributed by atoms with Crippen molar-refractivity contribution in [3.8, 4) is 0 Å². The summed E-state index contributed by atoms with van der Waals surface area (Å²) in [7, 11) is -3.47. The Kier molecular flexibility index (Phi) is 5.96. The van der Waals surface area contributed by atoms with Crippen LogP contribution in [0.5, 0.6) is 0 Å². The van der Waals surface area contributed by atoms with Gasteiger partial charge in [0.25, 0.3) is 0 Å². The molecule has 0 aromatic carbocycles. The first-order valence-electron chi connectivity index (χ1n) is 6.62. The molecule has 0 saturated carbocycles. The molecule has 1 aromatic heterocycles. The molecule has 0 fully saturated rings. The van der Waals surface area contributed by atoms with E-state index < -0.39 is 10.0 Å². The number of rotatable bonds is 8. The number of hydrogen-bond acceptors (Lipinski definition) is 4. The molecule has 1 unspecified atom stereocenters. The van der Waals surface area contributed by atoms with E-state index in [9.17, 15) is 8.42 Å². The molecule has 1 atom stereocenters. The van der Waals surface area contributed by atoms with Gasteiger partial charge in [-0.1, -0.05) is 20.8 Å². The lowest BCUT2D eigenvalue weighted by Crippen LogP contribution is -2.35. The maximum Gasteiger partial charge on any atom is 0.243 e. The fourth-order valence-corrected chi connectivity index (χ4v) is 2.77. The fraction of sp³-hybridized carbons (Fsp3) is 0.750. The van der Waals surface area contributed by atoms with Gasteiger partial charge in [-0.3, -0.25) is 4.68 Å². The fourth-order valence-electron chi connectivity index (χ4n) is 1.42. The molecule has 0 aliphatic heterocycles. The Morgan fingerprint density at radius 1 is 1.37 bits per heavy atom. The number of aromatic nitrogens is 2. The van der Waals surface area contributed by atoms with Crippen LogP contribution in [0.1, 0.15) is 27.7 Å². The molecular formula is C12H24N4O2S. The van der Waals surface area contributed by atoms with Crippen molar-refractivity contribution < 1.29 is 8.42 Å². The van der Waals surface area contributed by atoms with Crippen LogP contribution in [-0.4, -0.2) is 37.3 Å². The summed E-state index contributed by atoms with van der Waals surface area (Å²) in [6, 6.07) is -0.102. The van der Waals surface area contributed by atoms with E-state index >= 15 is 0 Å². The van der Waals surface area contributed by atoms with Crippen LogP contribution in [0.25, 0.3) is 0 Å². The third-order valence-corrected chi connectivity index (χ3v) is 4.54. The molecule has 0 aliphatic rings. The van der Waals surface area contributed by atoms with Crippen LogP contribution in [0, 0.1) is 5.92 Å². The Bertz CT molecular complexity index is 482. The molecule has 2 N–H and O–H groups in total. The van der Waals surface area contributed by atoms with Crippen LogP contribution in [0.2, 0.25) is 0 Å². The molecule has 0 amide bonds. The number of nitrogens with one attached hydrogen (secondary N) is 2. The maximum atomic E-state index is 12.1. The standard InChI is InChI=1S/C12H24N4O2S/c1-5-13-6-7-16-9-12(8-14-16)19(17,18)15-11(4)10(2)3/h8-11,13,15H,5-7H2,1-4H3. The molecule has 110 valence electrons. The van der Waals surface area contributed by atoms with Crippen molar-refractivity contribution in [1.82, 2.24) is 19.8 Å². The predicted octanol–water partition coefficient (Wildman–Crippen LogP) is 0.815. The van der Waals surface area contributed by atoms with Crippen molar-refractivity contribution >= 4 is 10.0 Å². The van der Waals surface area contributed by atoms with Crippen molar-refractivity contribution in [3.63, 3.8) is 0 Å². The second-order valence-corrected chi connectivity index (χ2v) is 6.66. The van der Waals surface area contributed by atoms with Crippen LogP contribution in [-0.2, 0) is 16.6 Å². The smallest absolute Gasteiger partial charge is 0.243 e. The summed E-state index contributed by atoms with van der Waals surface area (Å²) in [6.45, 7) is 10.2. The van der Waals surface area contributed by atoms with Gasteiger partial charge in [0.1, 0.15) is 4.90 Å². The Balaban J connectivity index is 2.69. The topological polar surface area (TPSA) is 76.0 Å². The minimum absolute atomic E-state index is 0.102. The minimum atomic E-state index is -3.47. The van der Waals surface area contributed by atoms with Crippen LogP contribution in [0.3, 0.4) is 0 Å². The summed E-state index contributed by atoms with van der Waals surface area (Å²) >= 11 is 0. The lowest BCUT2D eigenvalue weighted by atomic mass is 10.1. The van der Waals surface area contributed by atoms with Gasteiger partial charge in [0, 0.05) is 18.8 Å². The summed E-state index contributed by atoms with van der Waals surface area (Å²) in [6.07, 6.45) is 2.95. The van der Waals surface area contributed by atoms with E-state index in [2.05, 4.69) is 15.1 Å². The van der Waals surface area contributed by atoms with E-state index in [1.165, 1.54) is 6.20 Å². The largest absolute Gasteiger partial charge is 0.315 e. The highest BCUT2D eigenvalue weighted by atomic mass is 32.2. The highest BCUT2D eigenvalue weighted by Gasteiger charge is 2.20. The lowest BCUT2D eigenvalue weighted by molar-refractivity contribution is 0.476. The van der Waals surface area contributed by atoms with Gasteiger partial charge in [0.2, 0.25) is 10.0 Å². The Hall–Kier alpha value is -0.920. The minimum Gasteiger partial charge on any atom is -0.315 e. The van der Waals surface area contributed by atoms with Gasteiger partial charge in [-0.15, -0.1) is 0 Å². The van der Waals surface area contributed by atoms with Crippen LogP contribution in [0.15, 0.2) is 17.3 Å². The van der Waals surface area contributed by atoms with Crippen molar-refractivity contribution in [1.29, 1.82) is 0 Å². The number of likely N-dealkylation sites (N-methyl/N-ethyl adjacent to an activating group) is 1. The molecule has 0 aliphatic carbocycles. The predicted molar refractivity (Wildman–Crippen MR) is 75.4 cm³/mol. The highest BCUT2D eigenvalue weighted by Crippen LogP contribution is 2.10. The molecule has 0 bridgehead atoms. The number of hydrogen-bond donors (Lipinski definition) is 2. The van der Waals surface area contributed by atoms with Crippen LogP contribution >= 0.6 is 0 Å². The third-order valence-electron chi connectivity index (χ3n) is 3.03. The molecule has 1 rings (SSSR count). The quantitative estimate of drug-likeness (QED) is 0.694. The third kappa shape index (κ3) is 4.93. The Morgan fingerprint density at radius 3 is 2.63 bits per heavy atom. The van der Waals surface area contributed by atoms with E-state index in [4.69, 9.17) is 0 Å². The second-order valence-electron chi connectivity index (χ2n) is 4.95. The SMILES string of the molecule is CCNCCn1cc(S(=O)(=O)NC(C)C(C)C)cn1. The molecular weight excluding hydrogens is 264 g/mol. The van der Waals surface area contributed by atoms with Crippen molar-refractivity contribution in [2.24, 2.45) is 5.92 Å². The van der Waals surface area contributed by atoms with Gasteiger partial charge in [-0.05, 0) is 19.4 Å². The van der Waals surface area contributed by atoms with Gasteiger partial charge in [0.15, 0.2) is 0 Å². The summed E-state index contributed by atoms with van der Waals surface area (Å²) in [5, 5.41) is 7.23. The molecule has 0 saturated heterocycles. The molecule has 0 spiro atoms. The average Bonchev–Trinajstić information content (AvgIpc) is 2.78. The zero-order valence-corrected chi connectivity index (χ0v) is 12.9. The highest BCUT2D eigenvalue weighted by molar-refractivity contribution is 7.89. The van der Waals surface area contributed by atoms with E-state index in [0.717, 1.165) is 13.1 Å². The van der Waals surface area contributed by atoms with Crippen molar-refractivity contribution in [2.45, 2.75) is 45.2 Å². The summed E-state index contributed by atoms with van der Waals surface area (Å²) in [4.78, 5) is 0.219.